The first kappa shape index (κ1) is 24.7. The Morgan fingerprint density at radius 2 is 1.86 bits per heavy atom. The molecule has 1 aromatic heterocycles. The minimum absolute atomic E-state index is 0. The maximum absolute atomic E-state index is 12.7. The zero-order chi connectivity index (χ0) is 18.5. The van der Waals surface area contributed by atoms with Crippen LogP contribution in [0.25, 0.3) is 11.0 Å². The molecule has 158 valence electrons. The van der Waals surface area contributed by atoms with Gasteiger partial charge in [-0.1, -0.05) is 32.9 Å². The second-order valence-corrected chi connectivity index (χ2v) is 8.16. The van der Waals surface area contributed by atoms with Crippen LogP contribution in [0.5, 0.6) is 0 Å². The van der Waals surface area contributed by atoms with Gasteiger partial charge in [-0.05, 0) is 62.2 Å². The number of H-pyrrole nitrogens is 1. The zero-order valence-corrected chi connectivity index (χ0v) is 18.7. The van der Waals surface area contributed by atoms with Crippen LogP contribution < -0.4 is 10.6 Å². The molecule has 2 heterocycles. The van der Waals surface area contributed by atoms with Crippen LogP contribution in [0, 0.1) is 17.8 Å². The second-order valence-electron chi connectivity index (χ2n) is 8.16. The molecule has 5 nitrogen and oxygen atoms in total. The summed E-state index contributed by atoms with van der Waals surface area (Å²) in [7, 11) is 0. The van der Waals surface area contributed by atoms with Gasteiger partial charge < -0.3 is 15.6 Å². The fourth-order valence-electron chi connectivity index (χ4n) is 3.97. The number of halogens is 2. The predicted molar refractivity (Wildman–Crippen MR) is 120 cm³/mol. The van der Waals surface area contributed by atoms with Gasteiger partial charge in [0, 0.05) is 6.42 Å². The number of rotatable bonds is 7. The molecule has 1 aromatic carbocycles. The van der Waals surface area contributed by atoms with Gasteiger partial charge in [0.15, 0.2) is 0 Å². The number of carbonyl (C=O) groups is 1. The molecule has 2 unspecified atom stereocenters. The highest BCUT2D eigenvalue weighted by atomic mass is 35.5. The van der Waals surface area contributed by atoms with E-state index < -0.39 is 0 Å². The lowest BCUT2D eigenvalue weighted by atomic mass is 9.84. The van der Waals surface area contributed by atoms with Crippen molar-refractivity contribution in [2.75, 3.05) is 13.1 Å². The largest absolute Gasteiger partial charge is 0.346 e. The van der Waals surface area contributed by atoms with Crippen molar-refractivity contribution in [3.05, 3.63) is 30.1 Å². The van der Waals surface area contributed by atoms with Gasteiger partial charge in [-0.15, -0.1) is 24.8 Å². The SMILES string of the molecule is CC(C)CC(NC(=O)CC(C)C1CCNCC1)c1nc2ccccc2[nH]1.Cl.Cl. The van der Waals surface area contributed by atoms with E-state index in [4.69, 9.17) is 4.98 Å². The summed E-state index contributed by atoms with van der Waals surface area (Å²) in [4.78, 5) is 20.8. The number of para-hydroxylation sites is 2. The summed E-state index contributed by atoms with van der Waals surface area (Å²) in [5, 5.41) is 6.65. The van der Waals surface area contributed by atoms with E-state index >= 15 is 0 Å². The third-order valence-electron chi connectivity index (χ3n) is 5.48. The van der Waals surface area contributed by atoms with E-state index in [0.717, 1.165) is 36.4 Å². The van der Waals surface area contributed by atoms with Crippen molar-refractivity contribution in [3.8, 4) is 0 Å². The molecule has 0 radical (unpaired) electrons. The summed E-state index contributed by atoms with van der Waals surface area (Å²) in [5.74, 6) is 2.56. The van der Waals surface area contributed by atoms with Crippen molar-refractivity contribution in [3.63, 3.8) is 0 Å². The normalized spacial score (nSPS) is 16.9. The summed E-state index contributed by atoms with van der Waals surface area (Å²) >= 11 is 0. The lowest BCUT2D eigenvalue weighted by Crippen LogP contribution is -2.35. The minimum atomic E-state index is -0.0601. The Bertz CT molecular complexity index is 695. The van der Waals surface area contributed by atoms with E-state index in [1.807, 2.05) is 24.3 Å². The van der Waals surface area contributed by atoms with Crippen LogP contribution >= 0.6 is 24.8 Å². The second kappa shape index (κ2) is 11.6. The van der Waals surface area contributed by atoms with Crippen LogP contribution in [-0.2, 0) is 4.79 Å². The van der Waals surface area contributed by atoms with Crippen LogP contribution in [-0.4, -0.2) is 29.0 Å². The molecule has 1 saturated heterocycles. The molecule has 0 aliphatic carbocycles. The summed E-state index contributed by atoms with van der Waals surface area (Å²) in [6, 6.07) is 7.96. The van der Waals surface area contributed by atoms with Crippen molar-refractivity contribution in [2.24, 2.45) is 17.8 Å². The van der Waals surface area contributed by atoms with Crippen LogP contribution in [0.3, 0.4) is 0 Å². The molecular formula is C21H34Cl2N4O. The molecule has 0 bridgehead atoms. The van der Waals surface area contributed by atoms with E-state index in [1.165, 1.54) is 12.8 Å². The molecular weight excluding hydrogens is 395 g/mol. The third-order valence-corrected chi connectivity index (χ3v) is 5.48. The first-order chi connectivity index (χ1) is 12.5. The molecule has 0 spiro atoms. The van der Waals surface area contributed by atoms with Crippen LogP contribution in [0.1, 0.15) is 58.3 Å². The maximum atomic E-state index is 12.7. The van der Waals surface area contributed by atoms with Gasteiger partial charge in [0.25, 0.3) is 0 Å². The number of aromatic amines is 1. The number of fused-ring (bicyclic) bond motifs is 1. The van der Waals surface area contributed by atoms with Gasteiger partial charge in [-0.25, -0.2) is 4.98 Å². The first-order valence-corrected chi connectivity index (χ1v) is 9.97. The smallest absolute Gasteiger partial charge is 0.220 e. The van der Waals surface area contributed by atoms with E-state index in [9.17, 15) is 4.79 Å². The molecule has 1 aliphatic rings. The number of nitrogens with one attached hydrogen (secondary N) is 3. The number of hydrogen-bond acceptors (Lipinski definition) is 3. The lowest BCUT2D eigenvalue weighted by Gasteiger charge is -2.28. The molecule has 3 N–H and O–H groups in total. The monoisotopic (exact) mass is 428 g/mol. The van der Waals surface area contributed by atoms with Gasteiger partial charge >= 0.3 is 0 Å². The Labute approximate surface area is 180 Å². The van der Waals surface area contributed by atoms with Crippen LogP contribution in [0.2, 0.25) is 0 Å². The summed E-state index contributed by atoms with van der Waals surface area (Å²) in [5.41, 5.74) is 1.97. The first-order valence-electron chi connectivity index (χ1n) is 9.97. The number of benzene rings is 1. The minimum Gasteiger partial charge on any atom is -0.346 e. The molecule has 1 fully saturated rings. The summed E-state index contributed by atoms with van der Waals surface area (Å²) in [6.07, 6.45) is 3.83. The molecule has 28 heavy (non-hydrogen) atoms. The van der Waals surface area contributed by atoms with Gasteiger partial charge in [-0.3, -0.25) is 4.79 Å². The number of carbonyl (C=O) groups excluding carboxylic acids is 1. The standard InChI is InChI=1S/C21H32N4O.2ClH/c1-14(2)12-19(21-24-17-6-4-5-7-18(17)25-21)23-20(26)13-15(3)16-8-10-22-11-9-16;;/h4-7,14-16,19,22H,8-13H2,1-3H3,(H,23,26)(H,24,25);2*1H. The average Bonchev–Trinajstić information content (AvgIpc) is 3.05. The van der Waals surface area contributed by atoms with Crippen molar-refractivity contribution in [1.29, 1.82) is 0 Å². The van der Waals surface area contributed by atoms with Crippen molar-refractivity contribution in [2.45, 2.75) is 52.5 Å². The average molecular weight is 429 g/mol. The summed E-state index contributed by atoms with van der Waals surface area (Å²) in [6.45, 7) is 8.73. The van der Waals surface area contributed by atoms with E-state index in [0.29, 0.717) is 24.2 Å². The topological polar surface area (TPSA) is 69.8 Å². The number of aromatic nitrogens is 2. The van der Waals surface area contributed by atoms with Gasteiger partial charge in [0.05, 0.1) is 17.1 Å². The number of imidazole rings is 1. The Kier molecular flexibility index (Phi) is 10.3. The molecule has 7 heteroatoms. The zero-order valence-electron chi connectivity index (χ0n) is 17.0. The third kappa shape index (κ3) is 6.64. The number of nitrogens with zero attached hydrogens (tertiary/aromatic N) is 1. The van der Waals surface area contributed by atoms with Gasteiger partial charge in [-0.2, -0.15) is 0 Å². The highest BCUT2D eigenvalue weighted by molar-refractivity contribution is 5.85. The summed E-state index contributed by atoms with van der Waals surface area (Å²) < 4.78 is 0. The molecule has 2 atom stereocenters. The van der Waals surface area contributed by atoms with Crippen LogP contribution in [0.15, 0.2) is 24.3 Å². The lowest BCUT2D eigenvalue weighted by molar-refractivity contribution is -0.123. The quantitative estimate of drug-likeness (QED) is 0.601. The Morgan fingerprint density at radius 1 is 1.18 bits per heavy atom. The number of hydrogen-bond donors (Lipinski definition) is 3. The number of piperidine rings is 1. The predicted octanol–water partition coefficient (Wildman–Crippen LogP) is 4.64. The van der Waals surface area contributed by atoms with Crippen molar-refractivity contribution < 1.29 is 4.79 Å². The molecule has 0 saturated carbocycles. The van der Waals surface area contributed by atoms with Gasteiger partial charge in [0.2, 0.25) is 5.91 Å². The van der Waals surface area contributed by atoms with Crippen molar-refractivity contribution in [1.82, 2.24) is 20.6 Å². The molecule has 2 aromatic rings. The van der Waals surface area contributed by atoms with Crippen LogP contribution in [0.4, 0.5) is 0 Å². The maximum Gasteiger partial charge on any atom is 0.220 e. The fraction of sp³-hybridized carbons (Fsp3) is 0.619. The molecule has 3 rings (SSSR count). The molecule has 1 aliphatic heterocycles. The highest BCUT2D eigenvalue weighted by Crippen LogP contribution is 2.26. The Morgan fingerprint density at radius 3 is 2.50 bits per heavy atom. The Balaban J connectivity index is 0.00000196. The fourth-order valence-corrected chi connectivity index (χ4v) is 3.97. The number of amides is 1. The highest BCUT2D eigenvalue weighted by Gasteiger charge is 2.24. The van der Waals surface area contributed by atoms with E-state index in [1.54, 1.807) is 0 Å². The molecule has 1 amide bonds. The van der Waals surface area contributed by atoms with E-state index in [-0.39, 0.29) is 36.8 Å². The van der Waals surface area contributed by atoms with Crippen molar-refractivity contribution >= 4 is 41.8 Å². The van der Waals surface area contributed by atoms with Gasteiger partial charge in [0.1, 0.15) is 5.82 Å². The van der Waals surface area contributed by atoms with E-state index in [2.05, 4.69) is 36.4 Å². The Hall–Kier alpha value is -1.30.